The molecule has 9 heteroatoms. The van der Waals surface area contributed by atoms with Gasteiger partial charge in [0.1, 0.15) is 12.4 Å². The molecule has 0 aliphatic heterocycles. The lowest BCUT2D eigenvalue weighted by Gasteiger charge is -2.11. The zero-order chi connectivity index (χ0) is 19.3. The van der Waals surface area contributed by atoms with E-state index in [1.807, 2.05) is 6.92 Å². The van der Waals surface area contributed by atoms with Crippen molar-refractivity contribution < 1.29 is 22.4 Å². The molecule has 0 saturated carbocycles. The van der Waals surface area contributed by atoms with Gasteiger partial charge in [0.05, 0.1) is 11.9 Å². The predicted molar refractivity (Wildman–Crippen MR) is 87.1 cm³/mol. The Morgan fingerprint density at radius 1 is 1.27 bits per heavy atom. The van der Waals surface area contributed by atoms with E-state index in [0.29, 0.717) is 24.2 Å². The van der Waals surface area contributed by atoms with Crippen LogP contribution >= 0.6 is 0 Å². The molecule has 1 heterocycles. The molecule has 1 aromatic heterocycles. The number of carbonyl (C=O) groups is 1. The zero-order valence-corrected chi connectivity index (χ0v) is 13.9. The molecule has 1 aromatic carbocycles. The van der Waals surface area contributed by atoms with Crippen molar-refractivity contribution in [1.82, 2.24) is 9.55 Å². The topological polar surface area (TPSA) is 64.0 Å². The average Bonchev–Trinajstić information content (AvgIpc) is 2.56. The summed E-state index contributed by atoms with van der Waals surface area (Å²) >= 11 is 0. The summed E-state index contributed by atoms with van der Waals surface area (Å²) in [7, 11) is 0. The Hall–Kier alpha value is -2.71. The molecule has 1 amide bonds. The van der Waals surface area contributed by atoms with Crippen molar-refractivity contribution in [3.05, 3.63) is 58.0 Å². The van der Waals surface area contributed by atoms with Crippen LogP contribution in [0.4, 0.5) is 23.2 Å². The molecular weight excluding hydrogens is 354 g/mol. The van der Waals surface area contributed by atoms with Crippen LogP contribution in [0.3, 0.4) is 0 Å². The van der Waals surface area contributed by atoms with E-state index in [1.165, 1.54) is 12.4 Å². The predicted octanol–water partition coefficient (Wildman–Crippen LogP) is 3.38. The first-order valence-corrected chi connectivity index (χ1v) is 7.92. The van der Waals surface area contributed by atoms with E-state index in [1.54, 1.807) is 0 Å². The third kappa shape index (κ3) is 5.14. The van der Waals surface area contributed by atoms with E-state index in [0.717, 1.165) is 23.5 Å². The molecular formula is C17H17F4N3O2. The van der Waals surface area contributed by atoms with E-state index < -0.39 is 35.6 Å². The van der Waals surface area contributed by atoms with E-state index >= 15 is 0 Å². The third-order valence-corrected chi connectivity index (χ3v) is 3.59. The van der Waals surface area contributed by atoms with E-state index in [-0.39, 0.29) is 5.69 Å². The molecule has 0 aliphatic carbocycles. The minimum atomic E-state index is -4.88. The summed E-state index contributed by atoms with van der Waals surface area (Å²) < 4.78 is 52.3. The Kier molecular flexibility index (Phi) is 6.12. The van der Waals surface area contributed by atoms with Crippen molar-refractivity contribution in [3.63, 3.8) is 0 Å². The lowest BCUT2D eigenvalue weighted by Crippen LogP contribution is -2.28. The largest absolute Gasteiger partial charge is 0.419 e. The number of benzene rings is 1. The van der Waals surface area contributed by atoms with Gasteiger partial charge < -0.3 is 5.32 Å². The lowest BCUT2D eigenvalue weighted by molar-refractivity contribution is -0.140. The molecule has 0 saturated heterocycles. The van der Waals surface area contributed by atoms with Gasteiger partial charge in [-0.15, -0.1) is 0 Å². The Balaban J connectivity index is 2.09. The monoisotopic (exact) mass is 371 g/mol. The molecule has 0 radical (unpaired) electrons. The van der Waals surface area contributed by atoms with E-state index in [9.17, 15) is 27.2 Å². The Bertz CT molecular complexity index is 847. The van der Waals surface area contributed by atoms with Gasteiger partial charge >= 0.3 is 6.18 Å². The first kappa shape index (κ1) is 19.6. The van der Waals surface area contributed by atoms with Gasteiger partial charge in [-0.25, -0.2) is 9.37 Å². The molecule has 0 spiro atoms. The van der Waals surface area contributed by atoms with Crippen LogP contribution in [0.25, 0.3) is 0 Å². The van der Waals surface area contributed by atoms with Crippen LogP contribution in [0.2, 0.25) is 0 Å². The molecule has 2 rings (SSSR count). The molecule has 1 N–H and O–H groups in total. The van der Waals surface area contributed by atoms with Gasteiger partial charge in [-0.05, 0) is 31.0 Å². The Morgan fingerprint density at radius 3 is 2.62 bits per heavy atom. The number of amides is 1. The van der Waals surface area contributed by atoms with Crippen molar-refractivity contribution in [1.29, 1.82) is 0 Å². The van der Waals surface area contributed by atoms with Crippen molar-refractivity contribution >= 4 is 11.6 Å². The number of hydrogen-bond acceptors (Lipinski definition) is 3. The third-order valence-electron chi connectivity index (χ3n) is 3.59. The maximum absolute atomic E-state index is 13.2. The van der Waals surface area contributed by atoms with Crippen molar-refractivity contribution in [2.45, 2.75) is 38.9 Å². The molecule has 2 aromatic rings. The van der Waals surface area contributed by atoms with Gasteiger partial charge in [0.25, 0.3) is 5.56 Å². The normalized spacial score (nSPS) is 11.4. The van der Waals surface area contributed by atoms with Gasteiger partial charge in [0.15, 0.2) is 0 Å². The highest BCUT2D eigenvalue weighted by Crippen LogP contribution is 2.32. The fourth-order valence-electron chi connectivity index (χ4n) is 2.25. The van der Waals surface area contributed by atoms with Crippen LogP contribution in [-0.2, 0) is 23.9 Å². The quantitative estimate of drug-likeness (QED) is 0.792. The van der Waals surface area contributed by atoms with Gasteiger partial charge in [0, 0.05) is 17.4 Å². The number of nitrogens with zero attached hydrogens (tertiary/aromatic N) is 2. The van der Waals surface area contributed by atoms with E-state index in [2.05, 4.69) is 10.3 Å². The number of alkyl halides is 3. The van der Waals surface area contributed by atoms with Crippen LogP contribution in [0.5, 0.6) is 0 Å². The minimum absolute atomic E-state index is 0.218. The summed E-state index contributed by atoms with van der Waals surface area (Å²) in [5.74, 6) is -2.16. The van der Waals surface area contributed by atoms with Crippen LogP contribution in [-0.4, -0.2) is 15.5 Å². The number of carbonyl (C=O) groups excluding carboxylic acids is 1. The molecule has 0 bridgehead atoms. The highest BCUT2D eigenvalue weighted by Gasteiger charge is 2.34. The highest BCUT2D eigenvalue weighted by atomic mass is 19.4. The Morgan fingerprint density at radius 2 is 2.00 bits per heavy atom. The molecule has 140 valence electrons. The summed E-state index contributed by atoms with van der Waals surface area (Å²) in [5.41, 5.74) is -1.52. The smallest absolute Gasteiger partial charge is 0.325 e. The number of unbranched alkanes of at least 4 members (excludes halogenated alkanes) is 1. The lowest BCUT2D eigenvalue weighted by atomic mass is 10.2. The number of aromatic nitrogens is 2. The number of rotatable bonds is 6. The van der Waals surface area contributed by atoms with Crippen molar-refractivity contribution in [3.8, 4) is 0 Å². The number of anilines is 1. The van der Waals surface area contributed by atoms with Gasteiger partial charge in [0.2, 0.25) is 5.91 Å². The first-order chi connectivity index (χ1) is 12.2. The second-order valence-corrected chi connectivity index (χ2v) is 5.69. The van der Waals surface area contributed by atoms with Crippen LogP contribution < -0.4 is 10.9 Å². The van der Waals surface area contributed by atoms with Crippen molar-refractivity contribution in [2.24, 2.45) is 0 Å². The number of nitrogens with one attached hydrogen (secondary N) is 1. The fraction of sp³-hybridized carbons (Fsp3) is 0.353. The number of aryl methyl sites for hydroxylation is 1. The van der Waals surface area contributed by atoms with Crippen molar-refractivity contribution in [2.75, 3.05) is 5.32 Å². The minimum Gasteiger partial charge on any atom is -0.325 e. The standard InChI is InChI=1S/C17H17F4N3O2/c1-2-3-4-11-8-16(26)24(10-22-11)9-15(25)23-12-5-6-14(18)13(7-12)17(19,20)21/h5-8,10H,2-4,9H2,1H3,(H,23,25). The average molecular weight is 371 g/mol. The zero-order valence-electron chi connectivity index (χ0n) is 13.9. The highest BCUT2D eigenvalue weighted by molar-refractivity contribution is 5.90. The van der Waals surface area contributed by atoms with E-state index in [4.69, 9.17) is 0 Å². The van der Waals surface area contributed by atoms with Gasteiger partial charge in [-0.1, -0.05) is 13.3 Å². The maximum atomic E-state index is 13.2. The Labute approximate surface area is 146 Å². The molecule has 0 fully saturated rings. The number of hydrogen-bond donors (Lipinski definition) is 1. The maximum Gasteiger partial charge on any atom is 0.419 e. The fourth-order valence-corrected chi connectivity index (χ4v) is 2.25. The summed E-state index contributed by atoms with van der Waals surface area (Å²) in [6, 6.07) is 3.46. The van der Waals surface area contributed by atoms with Gasteiger partial charge in [-0.2, -0.15) is 13.2 Å². The van der Waals surface area contributed by atoms with Crippen LogP contribution in [0, 0.1) is 5.82 Å². The number of halogens is 4. The molecule has 0 atom stereocenters. The molecule has 26 heavy (non-hydrogen) atoms. The summed E-state index contributed by atoms with van der Waals surface area (Å²) in [6.07, 6.45) is -1.18. The summed E-state index contributed by atoms with van der Waals surface area (Å²) in [4.78, 5) is 28.0. The molecule has 5 nitrogen and oxygen atoms in total. The molecule has 0 unspecified atom stereocenters. The molecule has 0 aliphatic rings. The second-order valence-electron chi connectivity index (χ2n) is 5.69. The summed E-state index contributed by atoms with van der Waals surface area (Å²) in [5, 5.41) is 2.21. The second kappa shape index (κ2) is 8.11. The van der Waals surface area contributed by atoms with Crippen LogP contribution in [0.1, 0.15) is 31.0 Å². The van der Waals surface area contributed by atoms with Crippen LogP contribution in [0.15, 0.2) is 35.4 Å². The first-order valence-electron chi connectivity index (χ1n) is 7.92. The SMILES string of the molecule is CCCCc1cc(=O)n(CC(=O)Nc2ccc(F)c(C(F)(F)F)c2)cn1. The van der Waals surface area contributed by atoms with Gasteiger partial charge in [-0.3, -0.25) is 14.2 Å². The summed E-state index contributed by atoms with van der Waals surface area (Å²) in [6.45, 7) is 1.59.